The van der Waals surface area contributed by atoms with Crippen LogP contribution in [0.4, 0.5) is 0 Å². The zero-order chi connectivity index (χ0) is 15.0. The highest BCUT2D eigenvalue weighted by atomic mass is 16.5. The van der Waals surface area contributed by atoms with Gasteiger partial charge in [0.25, 0.3) is 0 Å². The number of unbranched alkanes of at least 4 members (excludes halogenated alkanes) is 1. The molecule has 0 radical (unpaired) electrons. The molecule has 0 amide bonds. The monoisotopic (exact) mass is 278 g/mol. The number of methoxy groups -OCH3 is 1. The van der Waals surface area contributed by atoms with Gasteiger partial charge >= 0.3 is 5.97 Å². The minimum absolute atomic E-state index is 0.198. The molecule has 4 nitrogen and oxygen atoms in total. The first-order valence-electron chi connectivity index (χ1n) is 6.98. The molecular formula is C16H22O4. The van der Waals surface area contributed by atoms with E-state index in [4.69, 9.17) is 9.47 Å². The molecule has 1 aromatic rings. The van der Waals surface area contributed by atoms with Gasteiger partial charge in [0.15, 0.2) is 5.78 Å². The Morgan fingerprint density at radius 2 is 2.00 bits per heavy atom. The summed E-state index contributed by atoms with van der Waals surface area (Å²) in [5, 5.41) is 0. The van der Waals surface area contributed by atoms with Crippen molar-refractivity contribution < 1.29 is 19.1 Å². The average molecular weight is 278 g/mol. The molecule has 0 aliphatic heterocycles. The highest BCUT2D eigenvalue weighted by Gasteiger charge is 2.28. The third-order valence-electron chi connectivity index (χ3n) is 3.09. The van der Waals surface area contributed by atoms with Crippen molar-refractivity contribution in [2.24, 2.45) is 5.92 Å². The SMILES string of the molecule is CCCCC(C(=O)OCC)C(=O)c1cccc(OC)c1. The molecule has 0 spiro atoms. The van der Waals surface area contributed by atoms with Crippen LogP contribution < -0.4 is 4.74 Å². The standard InChI is InChI=1S/C16H22O4/c1-4-6-10-14(16(18)20-5-2)15(17)12-8-7-9-13(11-12)19-3/h7-9,11,14H,4-6,10H2,1-3H3. The maximum atomic E-state index is 12.5. The molecule has 1 atom stereocenters. The van der Waals surface area contributed by atoms with E-state index >= 15 is 0 Å². The summed E-state index contributed by atoms with van der Waals surface area (Å²) < 4.78 is 10.1. The Kier molecular flexibility index (Phi) is 6.77. The molecule has 0 N–H and O–H groups in total. The number of esters is 1. The van der Waals surface area contributed by atoms with Crippen LogP contribution in [0.3, 0.4) is 0 Å². The van der Waals surface area contributed by atoms with Crippen LogP contribution >= 0.6 is 0 Å². The summed E-state index contributed by atoms with van der Waals surface area (Å²) in [4.78, 5) is 24.4. The third kappa shape index (κ3) is 4.37. The van der Waals surface area contributed by atoms with Gasteiger partial charge in [0.2, 0.25) is 0 Å². The lowest BCUT2D eigenvalue weighted by Crippen LogP contribution is -2.26. The maximum absolute atomic E-state index is 12.5. The Bertz CT molecular complexity index is 454. The van der Waals surface area contributed by atoms with Crippen LogP contribution in [0.1, 0.15) is 43.5 Å². The number of hydrogen-bond donors (Lipinski definition) is 0. The second-order valence-corrected chi connectivity index (χ2v) is 4.54. The van der Waals surface area contributed by atoms with Crippen molar-refractivity contribution in [1.82, 2.24) is 0 Å². The first-order valence-corrected chi connectivity index (χ1v) is 6.98. The van der Waals surface area contributed by atoms with E-state index in [1.165, 1.54) is 0 Å². The molecular weight excluding hydrogens is 256 g/mol. The van der Waals surface area contributed by atoms with Crippen molar-refractivity contribution in [2.75, 3.05) is 13.7 Å². The van der Waals surface area contributed by atoms with Crippen LogP contribution in [0.2, 0.25) is 0 Å². The second-order valence-electron chi connectivity index (χ2n) is 4.54. The quantitative estimate of drug-likeness (QED) is 0.416. The first kappa shape index (κ1) is 16.2. The van der Waals surface area contributed by atoms with E-state index in [1.807, 2.05) is 6.92 Å². The first-order chi connectivity index (χ1) is 9.63. The van der Waals surface area contributed by atoms with Crippen LogP contribution in [-0.4, -0.2) is 25.5 Å². The van der Waals surface area contributed by atoms with Gasteiger partial charge in [-0.05, 0) is 25.5 Å². The van der Waals surface area contributed by atoms with Crippen LogP contribution in [0.15, 0.2) is 24.3 Å². The van der Waals surface area contributed by atoms with Crippen molar-refractivity contribution >= 4 is 11.8 Å². The van der Waals surface area contributed by atoms with E-state index in [0.717, 1.165) is 12.8 Å². The number of carbonyl (C=O) groups excluding carboxylic acids is 2. The predicted octanol–water partition coefficient (Wildman–Crippen LogP) is 3.25. The van der Waals surface area contributed by atoms with Crippen LogP contribution in [0.25, 0.3) is 0 Å². The van der Waals surface area contributed by atoms with E-state index in [0.29, 0.717) is 17.7 Å². The molecule has 0 aromatic heterocycles. The Hall–Kier alpha value is -1.84. The van der Waals surface area contributed by atoms with E-state index in [9.17, 15) is 9.59 Å². The number of carbonyl (C=O) groups is 2. The van der Waals surface area contributed by atoms with Gasteiger partial charge in [0.05, 0.1) is 13.7 Å². The van der Waals surface area contributed by atoms with Crippen LogP contribution in [0.5, 0.6) is 5.75 Å². The fourth-order valence-electron chi connectivity index (χ4n) is 1.98. The largest absolute Gasteiger partial charge is 0.497 e. The summed E-state index contributed by atoms with van der Waals surface area (Å²) in [5.74, 6) is -0.750. The Morgan fingerprint density at radius 1 is 1.25 bits per heavy atom. The van der Waals surface area contributed by atoms with Gasteiger partial charge in [-0.3, -0.25) is 9.59 Å². The van der Waals surface area contributed by atoms with Gasteiger partial charge in [-0.1, -0.05) is 31.9 Å². The summed E-state index contributed by atoms with van der Waals surface area (Å²) in [6.07, 6.45) is 2.27. The molecule has 0 saturated carbocycles. The smallest absolute Gasteiger partial charge is 0.316 e. The number of ether oxygens (including phenoxy) is 2. The molecule has 4 heteroatoms. The van der Waals surface area contributed by atoms with Gasteiger partial charge in [-0.2, -0.15) is 0 Å². The normalized spacial score (nSPS) is 11.8. The molecule has 110 valence electrons. The van der Waals surface area contributed by atoms with Gasteiger partial charge in [-0.25, -0.2) is 0 Å². The Morgan fingerprint density at radius 3 is 2.60 bits per heavy atom. The molecule has 1 unspecified atom stereocenters. The summed E-state index contributed by atoms with van der Waals surface area (Å²) in [7, 11) is 1.55. The highest BCUT2D eigenvalue weighted by molar-refractivity contribution is 6.08. The summed E-state index contributed by atoms with van der Waals surface area (Å²) in [6.45, 7) is 4.05. The van der Waals surface area contributed by atoms with Crippen molar-refractivity contribution in [3.05, 3.63) is 29.8 Å². The lowest BCUT2D eigenvalue weighted by molar-refractivity contribution is -0.146. The van der Waals surface area contributed by atoms with E-state index < -0.39 is 11.9 Å². The van der Waals surface area contributed by atoms with Crippen LogP contribution in [-0.2, 0) is 9.53 Å². The molecule has 0 heterocycles. The summed E-state index contributed by atoms with van der Waals surface area (Å²) in [6, 6.07) is 6.86. The average Bonchev–Trinajstić information content (AvgIpc) is 2.47. The van der Waals surface area contributed by atoms with Crippen molar-refractivity contribution in [1.29, 1.82) is 0 Å². The lowest BCUT2D eigenvalue weighted by atomic mass is 9.92. The molecule has 20 heavy (non-hydrogen) atoms. The van der Waals surface area contributed by atoms with Gasteiger partial charge in [0.1, 0.15) is 11.7 Å². The Labute approximate surface area is 120 Å². The predicted molar refractivity (Wildman–Crippen MR) is 77.0 cm³/mol. The van der Waals surface area contributed by atoms with Gasteiger partial charge < -0.3 is 9.47 Å². The van der Waals surface area contributed by atoms with Crippen molar-refractivity contribution in [2.45, 2.75) is 33.1 Å². The van der Waals surface area contributed by atoms with E-state index in [-0.39, 0.29) is 12.4 Å². The fraction of sp³-hybridized carbons (Fsp3) is 0.500. The topological polar surface area (TPSA) is 52.6 Å². The van der Waals surface area contributed by atoms with Crippen molar-refractivity contribution in [3.63, 3.8) is 0 Å². The summed E-state index contributed by atoms with van der Waals surface area (Å²) >= 11 is 0. The highest BCUT2D eigenvalue weighted by Crippen LogP contribution is 2.20. The van der Waals surface area contributed by atoms with E-state index in [2.05, 4.69) is 0 Å². The molecule has 0 aliphatic rings. The minimum atomic E-state index is -0.720. The lowest BCUT2D eigenvalue weighted by Gasteiger charge is -2.14. The molecule has 0 saturated heterocycles. The van der Waals surface area contributed by atoms with E-state index in [1.54, 1.807) is 38.3 Å². The maximum Gasteiger partial charge on any atom is 0.316 e. The molecule has 0 fully saturated rings. The third-order valence-corrected chi connectivity index (χ3v) is 3.09. The zero-order valence-corrected chi connectivity index (χ0v) is 12.3. The fourth-order valence-corrected chi connectivity index (χ4v) is 1.98. The van der Waals surface area contributed by atoms with Gasteiger partial charge in [0, 0.05) is 5.56 Å². The zero-order valence-electron chi connectivity index (χ0n) is 12.3. The summed E-state index contributed by atoms with van der Waals surface area (Å²) in [5.41, 5.74) is 0.485. The number of ketones is 1. The number of benzene rings is 1. The minimum Gasteiger partial charge on any atom is -0.497 e. The number of rotatable bonds is 8. The van der Waals surface area contributed by atoms with Crippen molar-refractivity contribution in [3.8, 4) is 5.75 Å². The molecule has 1 aromatic carbocycles. The number of hydrogen-bond acceptors (Lipinski definition) is 4. The Balaban J connectivity index is 2.93. The molecule has 1 rings (SSSR count). The van der Waals surface area contributed by atoms with Crippen LogP contribution in [0, 0.1) is 5.92 Å². The number of Topliss-reactive ketones (excluding diaryl/α,β-unsaturated/α-hetero) is 1. The molecule has 0 bridgehead atoms. The molecule has 0 aliphatic carbocycles. The van der Waals surface area contributed by atoms with Gasteiger partial charge in [-0.15, -0.1) is 0 Å². The second kappa shape index (κ2) is 8.35.